The van der Waals surface area contributed by atoms with Gasteiger partial charge in [0.05, 0.1) is 12.0 Å². The zero-order chi connectivity index (χ0) is 14.8. The van der Waals surface area contributed by atoms with E-state index in [2.05, 4.69) is 45.0 Å². The Kier molecular flexibility index (Phi) is 4.51. The SMILES string of the molecule is COc1ccsc1C(N)Cc1ccc(C(C)(C)C)cc1. The van der Waals surface area contributed by atoms with Crippen molar-refractivity contribution in [2.24, 2.45) is 5.73 Å². The van der Waals surface area contributed by atoms with Crippen molar-refractivity contribution < 1.29 is 4.74 Å². The smallest absolute Gasteiger partial charge is 0.134 e. The highest BCUT2D eigenvalue weighted by Crippen LogP contribution is 2.31. The normalized spacial score (nSPS) is 13.2. The fourth-order valence-corrected chi connectivity index (χ4v) is 3.10. The molecule has 1 aromatic heterocycles. The Bertz CT molecular complexity index is 551. The van der Waals surface area contributed by atoms with E-state index in [4.69, 9.17) is 10.5 Å². The van der Waals surface area contributed by atoms with Gasteiger partial charge in [0, 0.05) is 6.04 Å². The van der Waals surface area contributed by atoms with Crippen LogP contribution >= 0.6 is 11.3 Å². The molecule has 1 atom stereocenters. The van der Waals surface area contributed by atoms with Gasteiger partial charge in [0.15, 0.2) is 0 Å². The van der Waals surface area contributed by atoms with Crippen LogP contribution in [-0.2, 0) is 11.8 Å². The van der Waals surface area contributed by atoms with Crippen LogP contribution < -0.4 is 10.5 Å². The molecule has 0 fully saturated rings. The van der Waals surface area contributed by atoms with E-state index in [1.54, 1.807) is 18.4 Å². The molecular formula is C17H23NOS. The highest BCUT2D eigenvalue weighted by atomic mass is 32.1. The van der Waals surface area contributed by atoms with E-state index in [0.29, 0.717) is 0 Å². The summed E-state index contributed by atoms with van der Waals surface area (Å²) in [5.74, 6) is 0.897. The lowest BCUT2D eigenvalue weighted by Crippen LogP contribution is -2.14. The predicted molar refractivity (Wildman–Crippen MR) is 86.6 cm³/mol. The Balaban J connectivity index is 2.10. The molecule has 1 unspecified atom stereocenters. The number of methoxy groups -OCH3 is 1. The van der Waals surface area contributed by atoms with Crippen LogP contribution in [0.25, 0.3) is 0 Å². The third kappa shape index (κ3) is 3.41. The molecule has 3 heteroatoms. The van der Waals surface area contributed by atoms with Crippen LogP contribution in [0.3, 0.4) is 0 Å². The lowest BCUT2D eigenvalue weighted by molar-refractivity contribution is 0.409. The molecule has 1 heterocycles. The van der Waals surface area contributed by atoms with Crippen LogP contribution in [-0.4, -0.2) is 7.11 Å². The van der Waals surface area contributed by atoms with E-state index in [9.17, 15) is 0 Å². The van der Waals surface area contributed by atoms with Crippen LogP contribution in [0.15, 0.2) is 35.7 Å². The molecule has 0 saturated carbocycles. The molecule has 0 radical (unpaired) electrons. The molecule has 2 N–H and O–H groups in total. The molecule has 0 bridgehead atoms. The summed E-state index contributed by atoms with van der Waals surface area (Å²) >= 11 is 1.66. The van der Waals surface area contributed by atoms with Crippen LogP contribution in [0, 0.1) is 0 Å². The fraction of sp³-hybridized carbons (Fsp3) is 0.412. The maximum atomic E-state index is 6.30. The molecule has 2 rings (SSSR count). The van der Waals surface area contributed by atoms with Crippen molar-refractivity contribution in [2.45, 2.75) is 38.6 Å². The van der Waals surface area contributed by atoms with Gasteiger partial charge in [0.1, 0.15) is 5.75 Å². The summed E-state index contributed by atoms with van der Waals surface area (Å²) in [4.78, 5) is 1.12. The van der Waals surface area contributed by atoms with Gasteiger partial charge in [-0.05, 0) is 34.4 Å². The highest BCUT2D eigenvalue weighted by molar-refractivity contribution is 7.10. The zero-order valence-electron chi connectivity index (χ0n) is 12.6. The van der Waals surface area contributed by atoms with Gasteiger partial charge in [-0.1, -0.05) is 45.0 Å². The molecule has 0 saturated heterocycles. The Morgan fingerprint density at radius 2 is 1.80 bits per heavy atom. The number of hydrogen-bond donors (Lipinski definition) is 1. The van der Waals surface area contributed by atoms with Crippen molar-refractivity contribution in [3.63, 3.8) is 0 Å². The van der Waals surface area contributed by atoms with Gasteiger partial charge >= 0.3 is 0 Å². The first-order valence-electron chi connectivity index (χ1n) is 6.88. The number of hydrogen-bond acceptors (Lipinski definition) is 3. The Morgan fingerprint density at radius 3 is 2.35 bits per heavy atom. The van der Waals surface area contributed by atoms with Gasteiger partial charge in [0.2, 0.25) is 0 Å². The molecule has 2 nitrogen and oxygen atoms in total. The topological polar surface area (TPSA) is 35.2 Å². The predicted octanol–water partition coefficient (Wildman–Crippen LogP) is 4.30. The van der Waals surface area contributed by atoms with Crippen molar-refractivity contribution in [1.82, 2.24) is 0 Å². The summed E-state index contributed by atoms with van der Waals surface area (Å²) in [7, 11) is 1.69. The zero-order valence-corrected chi connectivity index (χ0v) is 13.5. The molecule has 2 aromatic rings. The monoisotopic (exact) mass is 289 g/mol. The van der Waals surface area contributed by atoms with Crippen molar-refractivity contribution in [3.8, 4) is 5.75 Å². The second-order valence-corrected chi connectivity index (χ2v) is 7.06. The average Bonchev–Trinajstić information content (AvgIpc) is 2.86. The summed E-state index contributed by atoms with van der Waals surface area (Å²) < 4.78 is 5.34. The lowest BCUT2D eigenvalue weighted by atomic mass is 9.86. The highest BCUT2D eigenvalue weighted by Gasteiger charge is 2.16. The van der Waals surface area contributed by atoms with Crippen molar-refractivity contribution in [2.75, 3.05) is 7.11 Å². The second-order valence-electron chi connectivity index (χ2n) is 6.11. The van der Waals surface area contributed by atoms with Gasteiger partial charge in [-0.15, -0.1) is 11.3 Å². The van der Waals surface area contributed by atoms with Crippen molar-refractivity contribution in [3.05, 3.63) is 51.7 Å². The van der Waals surface area contributed by atoms with Crippen LogP contribution in [0.2, 0.25) is 0 Å². The first-order chi connectivity index (χ1) is 9.41. The largest absolute Gasteiger partial charge is 0.496 e. The number of benzene rings is 1. The molecule has 108 valence electrons. The summed E-state index contributed by atoms with van der Waals surface area (Å²) in [5, 5.41) is 2.02. The molecule has 1 aromatic carbocycles. The summed E-state index contributed by atoms with van der Waals surface area (Å²) in [6, 6.07) is 10.7. The minimum absolute atomic E-state index is 0.00885. The van der Waals surface area contributed by atoms with Crippen LogP contribution in [0.5, 0.6) is 5.75 Å². The second kappa shape index (κ2) is 5.98. The standard InChI is InChI=1S/C17H23NOS/c1-17(2,3)13-7-5-12(6-8-13)11-14(18)16-15(19-4)9-10-20-16/h5-10,14H,11,18H2,1-4H3. The Labute approximate surface area is 125 Å². The lowest BCUT2D eigenvalue weighted by Gasteiger charge is -2.19. The number of thiophene rings is 1. The van der Waals surface area contributed by atoms with E-state index >= 15 is 0 Å². The third-order valence-electron chi connectivity index (χ3n) is 3.49. The molecule has 20 heavy (non-hydrogen) atoms. The molecule has 0 aliphatic carbocycles. The summed E-state index contributed by atoms with van der Waals surface area (Å²) in [5.41, 5.74) is 9.11. The molecule has 0 aliphatic rings. The fourth-order valence-electron chi connectivity index (χ4n) is 2.24. The maximum Gasteiger partial charge on any atom is 0.134 e. The summed E-state index contributed by atoms with van der Waals surface area (Å²) in [6.07, 6.45) is 0.835. The van der Waals surface area contributed by atoms with E-state index in [0.717, 1.165) is 17.0 Å². The number of rotatable bonds is 4. The van der Waals surface area contributed by atoms with Gasteiger partial charge in [0.25, 0.3) is 0 Å². The van der Waals surface area contributed by atoms with Gasteiger partial charge in [-0.3, -0.25) is 0 Å². The van der Waals surface area contributed by atoms with E-state index in [1.165, 1.54) is 11.1 Å². The van der Waals surface area contributed by atoms with Gasteiger partial charge in [-0.25, -0.2) is 0 Å². The van der Waals surface area contributed by atoms with Crippen molar-refractivity contribution in [1.29, 1.82) is 0 Å². The molecule has 0 aliphatic heterocycles. The van der Waals surface area contributed by atoms with E-state index in [1.807, 2.05) is 11.4 Å². The summed E-state index contributed by atoms with van der Waals surface area (Å²) in [6.45, 7) is 6.68. The number of ether oxygens (including phenoxy) is 1. The van der Waals surface area contributed by atoms with Crippen LogP contribution in [0.4, 0.5) is 0 Å². The molecule has 0 spiro atoms. The quantitative estimate of drug-likeness (QED) is 0.911. The minimum Gasteiger partial charge on any atom is -0.496 e. The van der Waals surface area contributed by atoms with E-state index in [-0.39, 0.29) is 11.5 Å². The Hall–Kier alpha value is -1.32. The van der Waals surface area contributed by atoms with Crippen molar-refractivity contribution >= 4 is 11.3 Å². The molecular weight excluding hydrogens is 266 g/mol. The van der Waals surface area contributed by atoms with E-state index < -0.39 is 0 Å². The Morgan fingerprint density at radius 1 is 1.15 bits per heavy atom. The van der Waals surface area contributed by atoms with Crippen LogP contribution in [0.1, 0.15) is 42.8 Å². The maximum absolute atomic E-state index is 6.30. The van der Waals surface area contributed by atoms with Gasteiger partial charge < -0.3 is 10.5 Å². The minimum atomic E-state index is -0.00885. The first-order valence-corrected chi connectivity index (χ1v) is 7.76. The average molecular weight is 289 g/mol. The number of nitrogens with two attached hydrogens (primary N) is 1. The first kappa shape index (κ1) is 15.1. The molecule has 0 amide bonds. The van der Waals surface area contributed by atoms with Gasteiger partial charge in [-0.2, -0.15) is 0 Å². The third-order valence-corrected chi connectivity index (χ3v) is 4.52.